The van der Waals surface area contributed by atoms with Gasteiger partial charge >= 0.3 is 5.69 Å². The van der Waals surface area contributed by atoms with Gasteiger partial charge in [0, 0.05) is 13.2 Å². The molecule has 1 saturated carbocycles. The van der Waals surface area contributed by atoms with Crippen molar-refractivity contribution < 1.29 is 4.74 Å². The van der Waals surface area contributed by atoms with Crippen LogP contribution in [-0.2, 0) is 18.3 Å². The van der Waals surface area contributed by atoms with E-state index in [0.717, 1.165) is 25.7 Å². The number of nitrogens with zero attached hydrogens (tertiary/aromatic N) is 2. The predicted octanol–water partition coefficient (Wildman–Crippen LogP) is 1.64. The summed E-state index contributed by atoms with van der Waals surface area (Å²) in [6.45, 7) is 0.379. The van der Waals surface area contributed by atoms with Crippen LogP contribution in [0.5, 0.6) is 0 Å². The fraction of sp³-hybridized carbons (Fsp3) is 0.714. The Morgan fingerprint density at radius 3 is 2.75 bits per heavy atom. The first-order valence-electron chi connectivity index (χ1n) is 7.15. The van der Waals surface area contributed by atoms with Crippen molar-refractivity contribution in [2.45, 2.75) is 56.8 Å². The van der Waals surface area contributed by atoms with Crippen molar-refractivity contribution >= 4 is 22.6 Å². The van der Waals surface area contributed by atoms with Gasteiger partial charge in [0.05, 0.1) is 21.8 Å². The Kier molecular flexibility index (Phi) is 3.79. The Labute approximate surface area is 131 Å². The normalized spacial score (nSPS) is 24.6. The molecule has 1 spiro atoms. The number of rotatable bonds is 2. The number of hydrogen-bond acceptors (Lipinski definition) is 3. The molecule has 2 aliphatic rings. The molecule has 20 heavy (non-hydrogen) atoms. The van der Waals surface area contributed by atoms with Crippen LogP contribution in [-0.4, -0.2) is 20.8 Å². The highest BCUT2D eigenvalue weighted by atomic mass is 127. The van der Waals surface area contributed by atoms with Crippen LogP contribution in [0.15, 0.2) is 15.8 Å². The zero-order chi connectivity index (χ0) is 14.3. The Balaban J connectivity index is 1.83. The van der Waals surface area contributed by atoms with Gasteiger partial charge in [-0.25, -0.2) is 4.79 Å². The maximum absolute atomic E-state index is 12.1. The molecule has 1 atom stereocenters. The van der Waals surface area contributed by atoms with Crippen molar-refractivity contribution in [1.82, 2.24) is 9.13 Å². The summed E-state index contributed by atoms with van der Waals surface area (Å²) in [5.74, 6) is 0. The maximum atomic E-state index is 12.1. The van der Waals surface area contributed by atoms with E-state index in [9.17, 15) is 9.59 Å². The van der Waals surface area contributed by atoms with E-state index >= 15 is 0 Å². The third-order valence-corrected chi connectivity index (χ3v) is 5.27. The van der Waals surface area contributed by atoms with Crippen molar-refractivity contribution in [3.8, 4) is 0 Å². The van der Waals surface area contributed by atoms with Crippen molar-refractivity contribution in [2.75, 3.05) is 0 Å². The third-order valence-electron chi connectivity index (χ3n) is 4.53. The minimum Gasteiger partial charge on any atom is -0.370 e. The van der Waals surface area contributed by atoms with Gasteiger partial charge in [-0.05, 0) is 48.3 Å². The third kappa shape index (κ3) is 2.47. The summed E-state index contributed by atoms with van der Waals surface area (Å²) < 4.78 is 9.54. The van der Waals surface area contributed by atoms with E-state index in [-0.39, 0.29) is 23.0 Å². The van der Waals surface area contributed by atoms with Crippen LogP contribution in [0, 0.1) is 3.57 Å². The van der Waals surface area contributed by atoms with Crippen LogP contribution in [0.1, 0.15) is 38.5 Å². The van der Waals surface area contributed by atoms with Gasteiger partial charge in [-0.2, -0.15) is 0 Å². The number of ether oxygens (including phenoxy) is 1. The summed E-state index contributed by atoms with van der Waals surface area (Å²) in [6, 6.07) is 0. The lowest BCUT2D eigenvalue weighted by Gasteiger charge is -2.24. The van der Waals surface area contributed by atoms with Gasteiger partial charge in [0.25, 0.3) is 5.56 Å². The minimum atomic E-state index is -0.258. The molecule has 1 aliphatic carbocycles. The van der Waals surface area contributed by atoms with E-state index in [1.807, 2.05) is 22.6 Å². The first-order valence-corrected chi connectivity index (χ1v) is 8.22. The quantitative estimate of drug-likeness (QED) is 0.722. The number of hydrogen-bond donors (Lipinski definition) is 0. The molecule has 0 radical (unpaired) electrons. The zero-order valence-corrected chi connectivity index (χ0v) is 13.8. The Hall–Kier alpha value is -0.630. The monoisotopic (exact) mass is 390 g/mol. The largest absolute Gasteiger partial charge is 0.370 e. The highest BCUT2D eigenvalue weighted by molar-refractivity contribution is 14.1. The van der Waals surface area contributed by atoms with E-state index in [1.54, 1.807) is 13.2 Å². The molecule has 0 N–H and O–H groups in total. The second-order valence-electron chi connectivity index (χ2n) is 5.95. The molecule has 1 aliphatic heterocycles. The molecular formula is C14H19IN2O3. The van der Waals surface area contributed by atoms with Crippen LogP contribution in [0.4, 0.5) is 0 Å². The average Bonchev–Trinajstić information content (AvgIpc) is 3.03. The SMILES string of the molecule is Cn1cc(I)c(=O)n(CC2CCC3(CCCC3)O2)c1=O. The molecule has 1 saturated heterocycles. The molecule has 0 bridgehead atoms. The molecule has 1 aromatic rings. The lowest BCUT2D eigenvalue weighted by Crippen LogP contribution is -2.42. The predicted molar refractivity (Wildman–Crippen MR) is 84.0 cm³/mol. The van der Waals surface area contributed by atoms with Gasteiger partial charge in [-0.15, -0.1) is 0 Å². The van der Waals surface area contributed by atoms with Crippen LogP contribution >= 0.6 is 22.6 Å². The molecule has 3 rings (SSSR count). The molecule has 1 aromatic heterocycles. The molecule has 0 amide bonds. The topological polar surface area (TPSA) is 53.2 Å². The summed E-state index contributed by atoms with van der Waals surface area (Å²) in [6.07, 6.45) is 8.31. The standard InChI is InChI=1S/C14H19IN2O3/c1-16-9-11(15)12(18)17(13(16)19)8-10-4-7-14(20-10)5-2-3-6-14/h9-10H,2-8H2,1H3. The highest BCUT2D eigenvalue weighted by Gasteiger charge is 2.42. The van der Waals surface area contributed by atoms with E-state index in [4.69, 9.17) is 4.74 Å². The van der Waals surface area contributed by atoms with E-state index in [1.165, 1.54) is 22.0 Å². The van der Waals surface area contributed by atoms with E-state index in [0.29, 0.717) is 10.1 Å². The fourth-order valence-corrected chi connectivity index (χ4v) is 4.17. The second-order valence-corrected chi connectivity index (χ2v) is 7.12. The van der Waals surface area contributed by atoms with Gasteiger partial charge in [0.2, 0.25) is 0 Å². The summed E-state index contributed by atoms with van der Waals surface area (Å²) in [7, 11) is 1.68. The Morgan fingerprint density at radius 2 is 2.05 bits per heavy atom. The molecule has 2 fully saturated rings. The molecular weight excluding hydrogens is 371 g/mol. The molecule has 1 unspecified atom stereocenters. The summed E-state index contributed by atoms with van der Waals surface area (Å²) >= 11 is 1.98. The number of halogens is 1. The average molecular weight is 390 g/mol. The molecule has 110 valence electrons. The number of aromatic nitrogens is 2. The summed E-state index contributed by atoms with van der Waals surface area (Å²) in [4.78, 5) is 24.2. The second kappa shape index (κ2) is 5.29. The van der Waals surface area contributed by atoms with Gasteiger partial charge < -0.3 is 9.30 Å². The van der Waals surface area contributed by atoms with Gasteiger partial charge in [0.15, 0.2) is 0 Å². The summed E-state index contributed by atoms with van der Waals surface area (Å²) in [5, 5.41) is 0. The fourth-order valence-electron chi connectivity index (χ4n) is 3.46. The molecule has 2 heterocycles. The number of aryl methyl sites for hydroxylation is 1. The summed E-state index contributed by atoms with van der Waals surface area (Å²) in [5.41, 5.74) is -0.419. The smallest absolute Gasteiger partial charge is 0.330 e. The van der Waals surface area contributed by atoms with Crippen LogP contribution in [0.2, 0.25) is 0 Å². The van der Waals surface area contributed by atoms with Crippen molar-refractivity contribution in [3.63, 3.8) is 0 Å². The van der Waals surface area contributed by atoms with E-state index in [2.05, 4.69) is 0 Å². The first kappa shape index (κ1) is 14.3. The van der Waals surface area contributed by atoms with Crippen LogP contribution < -0.4 is 11.2 Å². The van der Waals surface area contributed by atoms with Crippen LogP contribution in [0.25, 0.3) is 0 Å². The van der Waals surface area contributed by atoms with Gasteiger partial charge in [-0.3, -0.25) is 9.36 Å². The van der Waals surface area contributed by atoms with Gasteiger partial charge in [0.1, 0.15) is 0 Å². The molecule has 6 heteroatoms. The first-order chi connectivity index (χ1) is 9.51. The lowest BCUT2D eigenvalue weighted by molar-refractivity contribution is -0.0426. The molecule has 5 nitrogen and oxygen atoms in total. The van der Waals surface area contributed by atoms with Crippen molar-refractivity contribution in [3.05, 3.63) is 30.6 Å². The van der Waals surface area contributed by atoms with Gasteiger partial charge in [-0.1, -0.05) is 12.8 Å². The van der Waals surface area contributed by atoms with Crippen LogP contribution in [0.3, 0.4) is 0 Å². The van der Waals surface area contributed by atoms with Crippen molar-refractivity contribution in [1.29, 1.82) is 0 Å². The maximum Gasteiger partial charge on any atom is 0.330 e. The van der Waals surface area contributed by atoms with Crippen molar-refractivity contribution in [2.24, 2.45) is 7.05 Å². The van der Waals surface area contributed by atoms with E-state index < -0.39 is 0 Å². The minimum absolute atomic E-state index is 0.00306. The zero-order valence-electron chi connectivity index (χ0n) is 11.6. The highest BCUT2D eigenvalue weighted by Crippen LogP contribution is 2.43. The lowest BCUT2D eigenvalue weighted by atomic mass is 9.98. The Bertz CT molecular complexity index is 594. The Morgan fingerprint density at radius 1 is 1.35 bits per heavy atom. The molecule has 0 aromatic carbocycles.